The Balaban J connectivity index is 1.71. The van der Waals surface area contributed by atoms with Gasteiger partial charge in [0.1, 0.15) is 5.82 Å². The maximum absolute atomic E-state index is 5.94. The van der Waals surface area contributed by atoms with E-state index in [9.17, 15) is 0 Å². The van der Waals surface area contributed by atoms with Crippen LogP contribution < -0.4 is 5.73 Å². The summed E-state index contributed by atoms with van der Waals surface area (Å²) in [7, 11) is 0. The lowest BCUT2D eigenvalue weighted by molar-refractivity contribution is 0.111. The van der Waals surface area contributed by atoms with Gasteiger partial charge in [-0.15, -0.1) is 0 Å². The quantitative estimate of drug-likeness (QED) is 0.806. The van der Waals surface area contributed by atoms with Crippen molar-refractivity contribution >= 4 is 0 Å². The van der Waals surface area contributed by atoms with Gasteiger partial charge in [0, 0.05) is 38.2 Å². The number of aromatic nitrogens is 2. The maximum Gasteiger partial charge on any atom is 0.110 e. The minimum atomic E-state index is 0.297. The van der Waals surface area contributed by atoms with Crippen molar-refractivity contribution in [2.24, 2.45) is 5.73 Å². The fourth-order valence-corrected chi connectivity index (χ4v) is 2.65. The minimum absolute atomic E-state index is 0.297. The number of nitrogens with zero attached hydrogens (tertiary/aromatic N) is 2. The Morgan fingerprint density at radius 3 is 3.25 bits per heavy atom. The first-order valence-corrected chi connectivity index (χ1v) is 6.23. The Morgan fingerprint density at radius 1 is 1.50 bits per heavy atom. The second-order valence-electron chi connectivity index (χ2n) is 4.93. The van der Waals surface area contributed by atoms with E-state index in [4.69, 9.17) is 10.5 Å². The van der Waals surface area contributed by atoms with Crippen LogP contribution in [0.15, 0.2) is 6.20 Å². The molecule has 2 unspecified atom stereocenters. The van der Waals surface area contributed by atoms with E-state index in [1.807, 2.05) is 0 Å². The Labute approximate surface area is 95.8 Å². The first-order valence-electron chi connectivity index (χ1n) is 6.23. The van der Waals surface area contributed by atoms with Crippen LogP contribution in [0.3, 0.4) is 0 Å². The lowest BCUT2D eigenvalue weighted by atomic mass is 10.1. The number of rotatable bonds is 2. The Morgan fingerprint density at radius 2 is 2.44 bits per heavy atom. The molecule has 1 fully saturated rings. The third-order valence-electron chi connectivity index (χ3n) is 3.56. The molecule has 2 aliphatic rings. The zero-order chi connectivity index (χ0) is 11.0. The standard InChI is InChI=1S/C12H19N3O/c13-9-3-4-15-8-10(14-12(15)6-9)7-11-2-1-5-16-11/h8-9,11H,1-7,13H2. The van der Waals surface area contributed by atoms with Crippen LogP contribution in [0, 0.1) is 0 Å². The summed E-state index contributed by atoms with van der Waals surface area (Å²) in [6, 6.07) is 0.297. The van der Waals surface area contributed by atoms with Gasteiger partial charge in [0.25, 0.3) is 0 Å². The summed E-state index contributed by atoms with van der Waals surface area (Å²) in [5.74, 6) is 1.16. The van der Waals surface area contributed by atoms with Crippen LogP contribution in [-0.4, -0.2) is 28.3 Å². The number of aryl methyl sites for hydroxylation is 1. The molecule has 1 saturated heterocycles. The summed E-state index contributed by atoms with van der Waals surface area (Å²) in [5, 5.41) is 0. The van der Waals surface area contributed by atoms with E-state index in [1.54, 1.807) is 0 Å². The van der Waals surface area contributed by atoms with Gasteiger partial charge in [-0.3, -0.25) is 0 Å². The van der Waals surface area contributed by atoms with Gasteiger partial charge in [-0.2, -0.15) is 0 Å². The normalized spacial score (nSPS) is 29.3. The predicted octanol–water partition coefficient (Wildman–Crippen LogP) is 0.878. The molecule has 2 N–H and O–H groups in total. The zero-order valence-electron chi connectivity index (χ0n) is 9.56. The molecule has 0 spiro atoms. The van der Waals surface area contributed by atoms with Gasteiger partial charge in [-0.25, -0.2) is 4.98 Å². The van der Waals surface area contributed by atoms with Crippen LogP contribution in [0.25, 0.3) is 0 Å². The molecule has 1 aromatic heterocycles. The van der Waals surface area contributed by atoms with Crippen molar-refractivity contribution in [2.45, 2.75) is 50.8 Å². The molecule has 88 valence electrons. The van der Waals surface area contributed by atoms with E-state index in [0.717, 1.165) is 38.2 Å². The van der Waals surface area contributed by atoms with Gasteiger partial charge in [0.15, 0.2) is 0 Å². The van der Waals surface area contributed by atoms with Gasteiger partial charge in [0.2, 0.25) is 0 Å². The third-order valence-corrected chi connectivity index (χ3v) is 3.56. The van der Waals surface area contributed by atoms with E-state index in [0.29, 0.717) is 12.1 Å². The SMILES string of the molecule is NC1CCn2cc(CC3CCCO3)nc2C1. The molecule has 1 aromatic rings. The van der Waals surface area contributed by atoms with Crippen LogP contribution in [-0.2, 0) is 24.1 Å². The lowest BCUT2D eigenvalue weighted by Gasteiger charge is -2.18. The smallest absolute Gasteiger partial charge is 0.110 e. The van der Waals surface area contributed by atoms with E-state index in [1.165, 1.54) is 18.5 Å². The second kappa shape index (κ2) is 4.18. The summed E-state index contributed by atoms with van der Waals surface area (Å²) >= 11 is 0. The molecule has 16 heavy (non-hydrogen) atoms. The average molecular weight is 221 g/mol. The molecule has 0 aliphatic carbocycles. The molecule has 0 aromatic carbocycles. The van der Waals surface area contributed by atoms with Crippen molar-refractivity contribution < 1.29 is 4.74 Å². The fourth-order valence-electron chi connectivity index (χ4n) is 2.65. The van der Waals surface area contributed by atoms with Crippen LogP contribution >= 0.6 is 0 Å². The largest absolute Gasteiger partial charge is 0.378 e. The molecule has 0 bridgehead atoms. The van der Waals surface area contributed by atoms with E-state index >= 15 is 0 Å². The molecule has 3 heterocycles. The number of hydrogen-bond acceptors (Lipinski definition) is 3. The van der Waals surface area contributed by atoms with Gasteiger partial charge in [0.05, 0.1) is 11.8 Å². The molecule has 0 amide bonds. The van der Waals surface area contributed by atoms with Crippen LogP contribution in [0.4, 0.5) is 0 Å². The topological polar surface area (TPSA) is 53.1 Å². The molecular formula is C12H19N3O. The molecule has 2 atom stereocenters. The molecule has 0 radical (unpaired) electrons. The summed E-state index contributed by atoms with van der Waals surface area (Å²) < 4.78 is 7.89. The van der Waals surface area contributed by atoms with Crippen LogP contribution in [0.1, 0.15) is 30.8 Å². The summed E-state index contributed by atoms with van der Waals surface area (Å²) in [5.41, 5.74) is 7.12. The van der Waals surface area contributed by atoms with Gasteiger partial charge < -0.3 is 15.0 Å². The van der Waals surface area contributed by atoms with Crippen molar-refractivity contribution in [3.63, 3.8) is 0 Å². The van der Waals surface area contributed by atoms with Crippen molar-refractivity contribution in [3.05, 3.63) is 17.7 Å². The number of ether oxygens (including phenoxy) is 1. The first-order chi connectivity index (χ1) is 7.81. The Hall–Kier alpha value is -0.870. The van der Waals surface area contributed by atoms with Gasteiger partial charge in [-0.05, 0) is 19.3 Å². The second-order valence-corrected chi connectivity index (χ2v) is 4.93. The molecule has 2 aliphatic heterocycles. The third kappa shape index (κ3) is 1.99. The number of imidazole rings is 1. The summed E-state index contributed by atoms with van der Waals surface area (Å²) in [6.45, 7) is 1.94. The number of nitrogens with two attached hydrogens (primary N) is 1. The zero-order valence-corrected chi connectivity index (χ0v) is 9.56. The molecule has 3 rings (SSSR count). The first kappa shape index (κ1) is 10.3. The average Bonchev–Trinajstić information content (AvgIpc) is 2.86. The van der Waals surface area contributed by atoms with Crippen molar-refractivity contribution in [2.75, 3.05) is 6.61 Å². The van der Waals surface area contributed by atoms with Crippen LogP contribution in [0.2, 0.25) is 0 Å². The van der Waals surface area contributed by atoms with Crippen molar-refractivity contribution in [3.8, 4) is 0 Å². The predicted molar refractivity (Wildman–Crippen MR) is 61.2 cm³/mol. The highest BCUT2D eigenvalue weighted by molar-refractivity contribution is 5.09. The van der Waals surface area contributed by atoms with E-state index in [-0.39, 0.29) is 0 Å². The summed E-state index contributed by atoms with van der Waals surface area (Å²) in [4.78, 5) is 4.67. The maximum atomic E-state index is 5.94. The highest BCUT2D eigenvalue weighted by Crippen LogP contribution is 2.19. The molecular weight excluding hydrogens is 202 g/mol. The number of fused-ring (bicyclic) bond motifs is 1. The highest BCUT2D eigenvalue weighted by Gasteiger charge is 2.21. The molecule has 4 heteroatoms. The summed E-state index contributed by atoms with van der Waals surface area (Å²) in [6.07, 6.45) is 7.92. The van der Waals surface area contributed by atoms with Gasteiger partial charge >= 0.3 is 0 Å². The number of hydrogen-bond donors (Lipinski definition) is 1. The van der Waals surface area contributed by atoms with E-state index in [2.05, 4.69) is 15.7 Å². The van der Waals surface area contributed by atoms with E-state index < -0.39 is 0 Å². The van der Waals surface area contributed by atoms with Crippen LogP contribution in [0.5, 0.6) is 0 Å². The highest BCUT2D eigenvalue weighted by atomic mass is 16.5. The van der Waals surface area contributed by atoms with Gasteiger partial charge in [-0.1, -0.05) is 0 Å². The Bertz CT molecular complexity index is 368. The van der Waals surface area contributed by atoms with Crippen molar-refractivity contribution in [1.29, 1.82) is 0 Å². The Kier molecular flexibility index (Phi) is 2.69. The van der Waals surface area contributed by atoms with Crippen molar-refractivity contribution in [1.82, 2.24) is 9.55 Å². The molecule has 0 saturated carbocycles. The fraction of sp³-hybridized carbons (Fsp3) is 0.750. The molecule has 4 nitrogen and oxygen atoms in total. The minimum Gasteiger partial charge on any atom is -0.378 e. The lowest BCUT2D eigenvalue weighted by Crippen LogP contribution is -2.30. The monoisotopic (exact) mass is 221 g/mol.